The number of H-pyrrole nitrogens is 1. The number of rotatable bonds is 5. The van der Waals surface area contributed by atoms with Crippen LogP contribution in [0.4, 0.5) is 0 Å². The lowest BCUT2D eigenvalue weighted by atomic mass is 10.1. The lowest BCUT2D eigenvalue weighted by molar-refractivity contribution is 0.0565. The Balaban J connectivity index is 1.86. The summed E-state index contributed by atoms with van der Waals surface area (Å²) in [6.07, 6.45) is 5.51. The molecule has 1 aliphatic rings. The van der Waals surface area contributed by atoms with Gasteiger partial charge in [-0.1, -0.05) is 18.2 Å². The molecule has 0 unspecified atom stereocenters. The van der Waals surface area contributed by atoms with E-state index in [0.29, 0.717) is 18.8 Å². The molecule has 1 aromatic heterocycles. The predicted octanol–water partition coefficient (Wildman–Crippen LogP) is 2.72. The van der Waals surface area contributed by atoms with Gasteiger partial charge in [0.05, 0.1) is 18.2 Å². The highest BCUT2D eigenvalue weighted by Crippen LogP contribution is 2.25. The zero-order valence-electron chi connectivity index (χ0n) is 12.8. The minimum Gasteiger partial charge on any atom is -0.380 e. The van der Waals surface area contributed by atoms with Crippen LogP contribution in [0, 0.1) is 0 Å². The van der Waals surface area contributed by atoms with Crippen molar-refractivity contribution in [2.24, 2.45) is 0 Å². The first-order valence-corrected chi connectivity index (χ1v) is 7.78. The van der Waals surface area contributed by atoms with Gasteiger partial charge in [-0.3, -0.25) is 4.79 Å². The second-order valence-corrected chi connectivity index (χ2v) is 5.44. The Labute approximate surface area is 130 Å². The van der Waals surface area contributed by atoms with Gasteiger partial charge in [-0.2, -0.15) is 0 Å². The number of benzene rings is 1. The first-order valence-electron chi connectivity index (χ1n) is 7.78. The van der Waals surface area contributed by atoms with E-state index in [4.69, 9.17) is 4.74 Å². The fraction of sp³-hybridized carbons (Fsp3) is 0.412. The standard InChI is InChI=1S/C17H21N3O2/c1-2-22-12-13-6-5-11-20(13)17(21)15-8-4-3-7-14(15)16-18-9-10-19-16/h3-4,7-10,13H,2,5-6,11-12H2,1H3,(H,18,19)/t13-/m0/s1. The van der Waals surface area contributed by atoms with E-state index in [-0.39, 0.29) is 11.9 Å². The number of hydrogen-bond acceptors (Lipinski definition) is 3. The van der Waals surface area contributed by atoms with Gasteiger partial charge in [0.15, 0.2) is 0 Å². The fourth-order valence-corrected chi connectivity index (χ4v) is 2.97. The van der Waals surface area contributed by atoms with Crippen LogP contribution in [-0.4, -0.2) is 46.6 Å². The van der Waals surface area contributed by atoms with Crippen LogP contribution in [0.25, 0.3) is 11.4 Å². The van der Waals surface area contributed by atoms with Gasteiger partial charge in [0.2, 0.25) is 0 Å². The van der Waals surface area contributed by atoms with E-state index >= 15 is 0 Å². The van der Waals surface area contributed by atoms with Crippen LogP contribution >= 0.6 is 0 Å². The third-order valence-corrected chi connectivity index (χ3v) is 4.06. The van der Waals surface area contributed by atoms with Gasteiger partial charge < -0.3 is 14.6 Å². The minimum atomic E-state index is 0.0641. The summed E-state index contributed by atoms with van der Waals surface area (Å²) in [7, 11) is 0. The molecule has 1 amide bonds. The van der Waals surface area contributed by atoms with Crippen LogP contribution in [0.5, 0.6) is 0 Å². The van der Waals surface area contributed by atoms with Crippen LogP contribution in [0.15, 0.2) is 36.7 Å². The Bertz CT molecular complexity index is 625. The number of nitrogens with one attached hydrogen (secondary N) is 1. The summed E-state index contributed by atoms with van der Waals surface area (Å²) >= 11 is 0. The number of aromatic nitrogens is 2. The number of hydrogen-bond donors (Lipinski definition) is 1. The van der Waals surface area contributed by atoms with Crippen molar-refractivity contribution in [3.8, 4) is 11.4 Å². The number of amides is 1. The van der Waals surface area contributed by atoms with Crippen molar-refractivity contribution in [2.45, 2.75) is 25.8 Å². The van der Waals surface area contributed by atoms with Crippen LogP contribution in [0.3, 0.4) is 0 Å². The number of aromatic amines is 1. The third-order valence-electron chi connectivity index (χ3n) is 4.06. The predicted molar refractivity (Wildman–Crippen MR) is 84.6 cm³/mol. The third kappa shape index (κ3) is 2.90. The number of ether oxygens (including phenoxy) is 1. The summed E-state index contributed by atoms with van der Waals surface area (Å²) in [4.78, 5) is 22.3. The Hall–Kier alpha value is -2.14. The number of likely N-dealkylation sites (tertiary alicyclic amines) is 1. The van der Waals surface area contributed by atoms with Crippen molar-refractivity contribution in [1.82, 2.24) is 14.9 Å². The van der Waals surface area contributed by atoms with E-state index in [0.717, 1.165) is 30.8 Å². The molecule has 22 heavy (non-hydrogen) atoms. The van der Waals surface area contributed by atoms with Crippen molar-refractivity contribution in [1.29, 1.82) is 0 Å². The average molecular weight is 299 g/mol. The van der Waals surface area contributed by atoms with E-state index in [2.05, 4.69) is 9.97 Å². The van der Waals surface area contributed by atoms with E-state index in [1.165, 1.54) is 0 Å². The van der Waals surface area contributed by atoms with Crippen molar-refractivity contribution in [3.05, 3.63) is 42.2 Å². The first kappa shape index (κ1) is 14.8. The maximum Gasteiger partial charge on any atom is 0.254 e. The van der Waals surface area contributed by atoms with Crippen LogP contribution in [0.1, 0.15) is 30.1 Å². The summed E-state index contributed by atoms with van der Waals surface area (Å²) < 4.78 is 5.52. The Morgan fingerprint density at radius 2 is 2.32 bits per heavy atom. The van der Waals surface area contributed by atoms with Gasteiger partial charge in [-0.15, -0.1) is 0 Å². The molecule has 2 aromatic rings. The molecule has 0 bridgehead atoms. The van der Waals surface area contributed by atoms with E-state index in [9.17, 15) is 4.79 Å². The van der Waals surface area contributed by atoms with Gasteiger partial charge in [0.25, 0.3) is 5.91 Å². The molecule has 116 valence electrons. The van der Waals surface area contributed by atoms with Gasteiger partial charge in [-0.05, 0) is 25.8 Å². The molecular formula is C17H21N3O2. The molecule has 1 N–H and O–H groups in total. The highest BCUT2D eigenvalue weighted by atomic mass is 16.5. The van der Waals surface area contributed by atoms with Crippen molar-refractivity contribution < 1.29 is 9.53 Å². The first-order chi connectivity index (χ1) is 10.8. The Kier molecular flexibility index (Phi) is 4.53. The lowest BCUT2D eigenvalue weighted by Crippen LogP contribution is -2.38. The lowest BCUT2D eigenvalue weighted by Gasteiger charge is -2.25. The molecular weight excluding hydrogens is 278 g/mol. The molecule has 1 saturated heterocycles. The van der Waals surface area contributed by atoms with E-state index in [1.807, 2.05) is 36.1 Å². The molecule has 5 nitrogen and oxygen atoms in total. The zero-order chi connectivity index (χ0) is 15.4. The second-order valence-electron chi connectivity index (χ2n) is 5.44. The van der Waals surface area contributed by atoms with Crippen LogP contribution in [0.2, 0.25) is 0 Å². The second kappa shape index (κ2) is 6.75. The van der Waals surface area contributed by atoms with Gasteiger partial charge in [0, 0.05) is 31.1 Å². The number of carbonyl (C=O) groups is 1. The molecule has 0 saturated carbocycles. The maximum absolute atomic E-state index is 13.0. The Morgan fingerprint density at radius 3 is 3.09 bits per heavy atom. The summed E-state index contributed by atoms with van der Waals surface area (Å²) in [5.74, 6) is 0.790. The molecule has 0 aliphatic carbocycles. The molecule has 0 radical (unpaired) electrons. The normalized spacial score (nSPS) is 17.9. The Morgan fingerprint density at radius 1 is 1.45 bits per heavy atom. The molecule has 1 fully saturated rings. The summed E-state index contributed by atoms with van der Waals surface area (Å²) in [6.45, 7) is 4.07. The van der Waals surface area contributed by atoms with Gasteiger partial charge in [-0.25, -0.2) is 4.98 Å². The van der Waals surface area contributed by atoms with Crippen LogP contribution in [-0.2, 0) is 4.74 Å². The van der Waals surface area contributed by atoms with Crippen molar-refractivity contribution >= 4 is 5.91 Å². The average Bonchev–Trinajstić information content (AvgIpc) is 3.23. The summed E-state index contributed by atoms with van der Waals surface area (Å²) in [6, 6.07) is 7.80. The minimum absolute atomic E-state index is 0.0641. The zero-order valence-corrected chi connectivity index (χ0v) is 12.8. The number of carbonyl (C=O) groups excluding carboxylic acids is 1. The van der Waals surface area contributed by atoms with E-state index < -0.39 is 0 Å². The number of imidazole rings is 1. The topological polar surface area (TPSA) is 58.2 Å². The SMILES string of the molecule is CCOC[C@@H]1CCCN1C(=O)c1ccccc1-c1ncc[nH]1. The molecule has 3 rings (SSSR count). The van der Waals surface area contributed by atoms with Gasteiger partial charge in [0.1, 0.15) is 5.82 Å². The largest absolute Gasteiger partial charge is 0.380 e. The van der Waals surface area contributed by atoms with Gasteiger partial charge >= 0.3 is 0 Å². The molecule has 1 atom stereocenters. The molecule has 0 spiro atoms. The van der Waals surface area contributed by atoms with Crippen molar-refractivity contribution in [2.75, 3.05) is 19.8 Å². The highest BCUT2D eigenvalue weighted by molar-refractivity contribution is 6.00. The molecule has 1 aliphatic heterocycles. The fourth-order valence-electron chi connectivity index (χ4n) is 2.97. The maximum atomic E-state index is 13.0. The van der Waals surface area contributed by atoms with Crippen molar-refractivity contribution in [3.63, 3.8) is 0 Å². The van der Waals surface area contributed by atoms with Crippen LogP contribution < -0.4 is 0 Å². The number of nitrogens with zero attached hydrogens (tertiary/aromatic N) is 2. The smallest absolute Gasteiger partial charge is 0.254 e. The highest BCUT2D eigenvalue weighted by Gasteiger charge is 2.30. The molecule has 5 heteroatoms. The summed E-state index contributed by atoms with van der Waals surface area (Å²) in [5.41, 5.74) is 1.54. The van der Waals surface area contributed by atoms with E-state index in [1.54, 1.807) is 12.4 Å². The molecule has 2 heterocycles. The summed E-state index contributed by atoms with van der Waals surface area (Å²) in [5, 5.41) is 0. The monoisotopic (exact) mass is 299 g/mol. The quantitative estimate of drug-likeness (QED) is 0.923. The molecule has 1 aromatic carbocycles.